The minimum absolute atomic E-state index is 0.312. The molecule has 31 heavy (non-hydrogen) atoms. The summed E-state index contributed by atoms with van der Waals surface area (Å²) in [6.07, 6.45) is 6.29. The molecule has 4 aromatic rings. The van der Waals surface area contributed by atoms with Gasteiger partial charge in [0.2, 0.25) is 0 Å². The van der Waals surface area contributed by atoms with Crippen molar-refractivity contribution in [1.29, 1.82) is 0 Å². The van der Waals surface area contributed by atoms with Crippen LogP contribution in [0.4, 0.5) is 5.69 Å². The number of nitrogens with zero attached hydrogens (tertiary/aromatic N) is 2. The molecule has 160 valence electrons. The lowest BCUT2D eigenvalue weighted by atomic mass is 9.87. The van der Waals surface area contributed by atoms with Crippen molar-refractivity contribution in [2.24, 2.45) is 7.05 Å². The summed E-state index contributed by atoms with van der Waals surface area (Å²) >= 11 is 1.33. The molecule has 1 aromatic carbocycles. The Hall–Kier alpha value is -3.06. The number of ether oxygens (including phenoxy) is 2. The van der Waals surface area contributed by atoms with E-state index in [2.05, 4.69) is 22.9 Å². The number of carbonyl (C=O) groups is 1. The second-order valence-corrected chi connectivity index (χ2v) is 8.90. The van der Waals surface area contributed by atoms with Crippen molar-refractivity contribution in [1.82, 2.24) is 9.55 Å². The number of hydrogen-bond donors (Lipinski definition) is 1. The van der Waals surface area contributed by atoms with Gasteiger partial charge in [-0.15, -0.1) is 11.3 Å². The third-order valence-electron chi connectivity index (χ3n) is 6.08. The Balaban J connectivity index is 1.88. The molecule has 0 fully saturated rings. The van der Waals surface area contributed by atoms with E-state index in [1.165, 1.54) is 16.9 Å². The van der Waals surface area contributed by atoms with Crippen LogP contribution in [0.25, 0.3) is 32.2 Å². The lowest BCUT2D eigenvalue weighted by Crippen LogP contribution is -2.08. The number of fused-ring (bicyclic) bond motifs is 3. The van der Waals surface area contributed by atoms with E-state index in [0.29, 0.717) is 17.2 Å². The van der Waals surface area contributed by atoms with Gasteiger partial charge in [-0.25, -0.2) is 9.78 Å². The van der Waals surface area contributed by atoms with E-state index < -0.39 is 0 Å². The van der Waals surface area contributed by atoms with E-state index in [1.807, 2.05) is 13.1 Å². The third kappa shape index (κ3) is 3.07. The first-order valence-electron chi connectivity index (χ1n) is 10.6. The molecule has 5 rings (SSSR count). The number of thiophene rings is 1. The molecule has 0 saturated heterocycles. The fraction of sp³-hybridized carbons (Fsp3) is 0.333. The standard InChI is InChI=1S/C24H25N3O3S/c1-4-30-24(28)22-21(25)20-19(14-7-5-6-8-17(14)26-23(20)31-22)16-12-27(2)18-10-9-13(29-3)11-15(16)18/h9-12H,4-8,25H2,1-3H3. The summed E-state index contributed by atoms with van der Waals surface area (Å²) in [5, 5.41) is 1.97. The molecule has 0 unspecified atom stereocenters. The minimum atomic E-state index is -0.383. The maximum atomic E-state index is 12.6. The van der Waals surface area contributed by atoms with Gasteiger partial charge in [-0.1, -0.05) is 0 Å². The molecular formula is C24H25N3O3S. The minimum Gasteiger partial charge on any atom is -0.497 e. The molecule has 0 atom stereocenters. The summed E-state index contributed by atoms with van der Waals surface area (Å²) in [6.45, 7) is 2.11. The highest BCUT2D eigenvalue weighted by Crippen LogP contribution is 2.46. The zero-order valence-electron chi connectivity index (χ0n) is 17.9. The lowest BCUT2D eigenvalue weighted by Gasteiger charge is -2.20. The number of rotatable bonds is 4. The largest absolute Gasteiger partial charge is 0.497 e. The van der Waals surface area contributed by atoms with Crippen LogP contribution >= 0.6 is 11.3 Å². The topological polar surface area (TPSA) is 79.4 Å². The average molecular weight is 436 g/mol. The molecule has 0 bridgehead atoms. The second kappa shape index (κ2) is 7.57. The number of carbonyl (C=O) groups excluding carboxylic acids is 1. The van der Waals surface area contributed by atoms with Gasteiger partial charge >= 0.3 is 5.97 Å². The van der Waals surface area contributed by atoms with Crippen molar-refractivity contribution in [3.8, 4) is 16.9 Å². The first-order valence-corrected chi connectivity index (χ1v) is 11.4. The van der Waals surface area contributed by atoms with Crippen LogP contribution in [0.2, 0.25) is 0 Å². The fourth-order valence-corrected chi connectivity index (χ4v) is 5.67. The predicted octanol–water partition coefficient (Wildman–Crippen LogP) is 5.10. The maximum Gasteiger partial charge on any atom is 0.350 e. The monoisotopic (exact) mass is 435 g/mol. The van der Waals surface area contributed by atoms with E-state index in [4.69, 9.17) is 20.2 Å². The van der Waals surface area contributed by atoms with Gasteiger partial charge in [0, 0.05) is 46.4 Å². The van der Waals surface area contributed by atoms with Gasteiger partial charge in [-0.3, -0.25) is 0 Å². The summed E-state index contributed by atoms with van der Waals surface area (Å²) in [5.41, 5.74) is 12.7. The van der Waals surface area contributed by atoms with Gasteiger partial charge in [-0.05, 0) is 56.4 Å². The number of aromatic nitrogens is 2. The van der Waals surface area contributed by atoms with Crippen LogP contribution in [0.3, 0.4) is 0 Å². The van der Waals surface area contributed by atoms with Gasteiger partial charge in [0.1, 0.15) is 15.5 Å². The highest BCUT2D eigenvalue weighted by atomic mass is 32.1. The van der Waals surface area contributed by atoms with Crippen LogP contribution < -0.4 is 10.5 Å². The molecule has 3 heterocycles. The first kappa shape index (κ1) is 19.9. The van der Waals surface area contributed by atoms with E-state index in [0.717, 1.165) is 69.4 Å². The molecule has 1 aliphatic carbocycles. The van der Waals surface area contributed by atoms with Crippen LogP contribution in [0, 0.1) is 0 Å². The predicted molar refractivity (Wildman–Crippen MR) is 125 cm³/mol. The van der Waals surface area contributed by atoms with E-state index >= 15 is 0 Å². The number of aryl methyl sites for hydroxylation is 2. The number of anilines is 1. The molecular weight excluding hydrogens is 410 g/mol. The maximum absolute atomic E-state index is 12.6. The second-order valence-electron chi connectivity index (χ2n) is 7.90. The highest BCUT2D eigenvalue weighted by molar-refractivity contribution is 7.21. The van der Waals surface area contributed by atoms with E-state index in [-0.39, 0.29) is 5.97 Å². The average Bonchev–Trinajstić information content (AvgIpc) is 3.28. The van der Waals surface area contributed by atoms with Gasteiger partial charge < -0.3 is 19.8 Å². The number of methoxy groups -OCH3 is 1. The number of nitrogen functional groups attached to an aromatic ring is 1. The zero-order valence-corrected chi connectivity index (χ0v) is 18.8. The Labute approximate surface area is 184 Å². The lowest BCUT2D eigenvalue weighted by molar-refractivity contribution is 0.0533. The van der Waals surface area contributed by atoms with Crippen molar-refractivity contribution < 1.29 is 14.3 Å². The van der Waals surface area contributed by atoms with Gasteiger partial charge in [0.25, 0.3) is 0 Å². The van der Waals surface area contributed by atoms with Crippen molar-refractivity contribution in [2.75, 3.05) is 19.5 Å². The molecule has 0 aliphatic heterocycles. The number of hydrogen-bond acceptors (Lipinski definition) is 6. The van der Waals surface area contributed by atoms with Crippen LogP contribution in [-0.2, 0) is 24.6 Å². The van der Waals surface area contributed by atoms with E-state index in [1.54, 1.807) is 14.0 Å². The third-order valence-corrected chi connectivity index (χ3v) is 7.16. The SMILES string of the molecule is CCOC(=O)c1sc2nc3c(c(-c4cn(C)c5ccc(OC)cc45)c2c1N)CCCC3. The Morgan fingerprint density at radius 3 is 2.87 bits per heavy atom. The van der Waals surface area contributed by atoms with Gasteiger partial charge in [0.05, 0.1) is 19.4 Å². The highest BCUT2D eigenvalue weighted by Gasteiger charge is 2.27. The molecule has 2 N–H and O–H groups in total. The molecule has 0 saturated carbocycles. The number of nitrogens with two attached hydrogens (primary N) is 1. The summed E-state index contributed by atoms with van der Waals surface area (Å²) in [6, 6.07) is 6.12. The Morgan fingerprint density at radius 1 is 1.29 bits per heavy atom. The molecule has 0 radical (unpaired) electrons. The summed E-state index contributed by atoms with van der Waals surface area (Å²) < 4.78 is 12.9. The van der Waals surface area contributed by atoms with Crippen LogP contribution in [0.5, 0.6) is 5.75 Å². The summed E-state index contributed by atoms with van der Waals surface area (Å²) in [5.74, 6) is 0.427. The normalized spacial score (nSPS) is 13.5. The van der Waals surface area contributed by atoms with Crippen molar-refractivity contribution in [2.45, 2.75) is 32.6 Å². The summed E-state index contributed by atoms with van der Waals surface area (Å²) in [4.78, 5) is 18.7. The Kier molecular flexibility index (Phi) is 4.85. The number of benzene rings is 1. The van der Waals surface area contributed by atoms with Crippen molar-refractivity contribution >= 4 is 44.1 Å². The van der Waals surface area contributed by atoms with Crippen molar-refractivity contribution in [3.05, 3.63) is 40.5 Å². The molecule has 6 nitrogen and oxygen atoms in total. The molecule has 0 amide bonds. The molecule has 7 heteroatoms. The van der Waals surface area contributed by atoms with Crippen LogP contribution in [0.1, 0.15) is 40.7 Å². The molecule has 1 aliphatic rings. The fourth-order valence-electron chi connectivity index (χ4n) is 4.65. The molecule has 3 aromatic heterocycles. The zero-order chi connectivity index (χ0) is 21.7. The molecule has 0 spiro atoms. The van der Waals surface area contributed by atoms with Crippen LogP contribution in [-0.4, -0.2) is 29.2 Å². The van der Waals surface area contributed by atoms with Crippen LogP contribution in [0.15, 0.2) is 24.4 Å². The van der Waals surface area contributed by atoms with Gasteiger partial charge in [-0.2, -0.15) is 0 Å². The first-order chi connectivity index (χ1) is 15.0. The number of esters is 1. The quantitative estimate of drug-likeness (QED) is 0.451. The summed E-state index contributed by atoms with van der Waals surface area (Å²) in [7, 11) is 3.73. The Bertz CT molecular complexity index is 1340. The van der Waals surface area contributed by atoms with Crippen molar-refractivity contribution in [3.63, 3.8) is 0 Å². The smallest absolute Gasteiger partial charge is 0.350 e. The number of pyridine rings is 1. The van der Waals surface area contributed by atoms with E-state index in [9.17, 15) is 4.79 Å². The Morgan fingerprint density at radius 2 is 2.10 bits per heavy atom. The van der Waals surface area contributed by atoms with Gasteiger partial charge in [0.15, 0.2) is 0 Å².